The quantitative estimate of drug-likeness (QED) is 0.611. The number of piperazine rings is 1. The van der Waals surface area contributed by atoms with Gasteiger partial charge >= 0.3 is 0 Å². The van der Waals surface area contributed by atoms with Gasteiger partial charge in [-0.05, 0) is 17.7 Å². The van der Waals surface area contributed by atoms with E-state index in [1.807, 2.05) is 24.3 Å². The van der Waals surface area contributed by atoms with Crippen molar-refractivity contribution in [3.63, 3.8) is 0 Å². The number of carbonyl (C=O) groups excluding carboxylic acids is 1. The molecule has 1 aromatic carbocycles. The van der Waals surface area contributed by atoms with Crippen LogP contribution in [0.15, 0.2) is 29.1 Å². The van der Waals surface area contributed by atoms with E-state index in [1.54, 1.807) is 11.6 Å². The van der Waals surface area contributed by atoms with E-state index in [9.17, 15) is 9.59 Å². The van der Waals surface area contributed by atoms with E-state index in [0.717, 1.165) is 37.4 Å². The lowest BCUT2D eigenvalue weighted by molar-refractivity contribution is -0.114. The first-order valence-electron chi connectivity index (χ1n) is 9.29. The molecular formula is C19H23N7O2. The summed E-state index contributed by atoms with van der Waals surface area (Å²) >= 11 is 0. The molecule has 4 rings (SSSR count). The van der Waals surface area contributed by atoms with Crippen LogP contribution in [0.1, 0.15) is 18.3 Å². The topological polar surface area (TPSA) is 108 Å². The molecule has 3 heterocycles. The van der Waals surface area contributed by atoms with E-state index in [2.05, 4.69) is 30.5 Å². The van der Waals surface area contributed by atoms with Gasteiger partial charge in [-0.1, -0.05) is 12.1 Å². The van der Waals surface area contributed by atoms with Crippen LogP contribution in [0, 0.1) is 0 Å². The molecule has 0 spiro atoms. The van der Waals surface area contributed by atoms with E-state index in [4.69, 9.17) is 0 Å². The third kappa shape index (κ3) is 3.61. The maximum absolute atomic E-state index is 12.8. The number of amides is 1. The third-order valence-corrected chi connectivity index (χ3v) is 4.84. The van der Waals surface area contributed by atoms with Gasteiger partial charge in [0.2, 0.25) is 11.9 Å². The second-order valence-corrected chi connectivity index (χ2v) is 6.95. The lowest BCUT2D eigenvalue weighted by Gasteiger charge is -2.26. The Hall–Kier alpha value is -3.20. The van der Waals surface area contributed by atoms with Gasteiger partial charge in [-0.15, -0.1) is 0 Å². The fourth-order valence-corrected chi connectivity index (χ4v) is 3.39. The van der Waals surface area contributed by atoms with Crippen molar-refractivity contribution in [2.24, 2.45) is 7.05 Å². The highest BCUT2D eigenvalue weighted by Gasteiger charge is 2.18. The van der Waals surface area contributed by atoms with Crippen LogP contribution in [-0.4, -0.2) is 51.6 Å². The molecule has 1 fully saturated rings. The number of imidazole rings is 1. The monoisotopic (exact) mass is 381 g/mol. The molecule has 0 aliphatic carbocycles. The van der Waals surface area contributed by atoms with Gasteiger partial charge in [0.05, 0.1) is 0 Å². The maximum atomic E-state index is 12.8. The molecule has 1 aliphatic heterocycles. The summed E-state index contributed by atoms with van der Waals surface area (Å²) in [6, 6.07) is 7.52. The minimum absolute atomic E-state index is 0.124. The van der Waals surface area contributed by atoms with Crippen LogP contribution in [0.2, 0.25) is 0 Å². The lowest BCUT2D eigenvalue weighted by atomic mass is 10.1. The number of rotatable bonds is 4. The van der Waals surface area contributed by atoms with Crippen LogP contribution in [-0.2, 0) is 18.3 Å². The standard InChI is InChI=1S/C19H23N7O2/c1-12(27)21-14-5-3-4-13(10-14)11-15-22-17-16(18(28)25(15)2)23-19(24-17)26-8-6-20-7-9-26/h3-5,10,20H,6-9,11H2,1-2H3,(H,21,27)(H,23,24). The van der Waals surface area contributed by atoms with E-state index >= 15 is 0 Å². The van der Waals surface area contributed by atoms with Crippen molar-refractivity contribution >= 4 is 28.7 Å². The minimum Gasteiger partial charge on any atom is -0.340 e. The molecule has 9 nitrogen and oxygen atoms in total. The summed E-state index contributed by atoms with van der Waals surface area (Å²) in [4.78, 5) is 38.5. The lowest BCUT2D eigenvalue weighted by Crippen LogP contribution is -2.44. The van der Waals surface area contributed by atoms with Gasteiger partial charge in [-0.25, -0.2) is 4.98 Å². The molecule has 1 amide bonds. The smallest absolute Gasteiger partial charge is 0.279 e. The van der Waals surface area contributed by atoms with Gasteiger partial charge in [0.1, 0.15) is 5.82 Å². The highest BCUT2D eigenvalue weighted by molar-refractivity contribution is 5.88. The van der Waals surface area contributed by atoms with E-state index in [-0.39, 0.29) is 11.5 Å². The summed E-state index contributed by atoms with van der Waals surface area (Å²) in [5.41, 5.74) is 2.38. The first-order valence-corrected chi connectivity index (χ1v) is 9.29. The van der Waals surface area contributed by atoms with Gasteiger partial charge < -0.3 is 20.5 Å². The van der Waals surface area contributed by atoms with Crippen molar-refractivity contribution in [3.05, 3.63) is 46.0 Å². The van der Waals surface area contributed by atoms with Gasteiger partial charge in [0.25, 0.3) is 5.56 Å². The summed E-state index contributed by atoms with van der Waals surface area (Å²) in [6.45, 7) is 4.92. The van der Waals surface area contributed by atoms with Crippen LogP contribution in [0.5, 0.6) is 0 Å². The number of anilines is 2. The number of nitrogens with zero attached hydrogens (tertiary/aromatic N) is 4. The molecule has 0 atom stereocenters. The van der Waals surface area contributed by atoms with Crippen molar-refractivity contribution < 1.29 is 4.79 Å². The largest absolute Gasteiger partial charge is 0.340 e. The molecule has 146 valence electrons. The predicted molar refractivity (Wildman–Crippen MR) is 108 cm³/mol. The molecule has 1 saturated heterocycles. The Morgan fingerprint density at radius 2 is 2.04 bits per heavy atom. The first-order chi connectivity index (χ1) is 13.5. The Bertz CT molecular complexity index is 1080. The van der Waals surface area contributed by atoms with Crippen molar-refractivity contribution in [3.8, 4) is 0 Å². The Morgan fingerprint density at radius 1 is 1.25 bits per heavy atom. The van der Waals surface area contributed by atoms with E-state index in [1.165, 1.54) is 6.92 Å². The zero-order valence-corrected chi connectivity index (χ0v) is 16.0. The Balaban J connectivity index is 1.67. The average Bonchev–Trinajstić information content (AvgIpc) is 3.11. The molecular weight excluding hydrogens is 358 g/mol. The number of nitrogens with one attached hydrogen (secondary N) is 3. The van der Waals surface area contributed by atoms with Crippen LogP contribution >= 0.6 is 0 Å². The predicted octanol–water partition coefficient (Wildman–Crippen LogP) is 0.615. The average molecular weight is 381 g/mol. The molecule has 0 unspecified atom stereocenters. The number of aromatic nitrogens is 4. The van der Waals surface area contributed by atoms with Crippen LogP contribution in [0.3, 0.4) is 0 Å². The highest BCUT2D eigenvalue weighted by atomic mass is 16.1. The number of benzene rings is 1. The van der Waals surface area contributed by atoms with Gasteiger partial charge in [-0.3, -0.25) is 14.2 Å². The number of hydrogen-bond donors (Lipinski definition) is 3. The Kier molecular flexibility index (Phi) is 4.82. The number of fused-ring (bicyclic) bond motifs is 1. The van der Waals surface area contributed by atoms with Gasteiger partial charge in [0.15, 0.2) is 11.2 Å². The summed E-state index contributed by atoms with van der Waals surface area (Å²) in [5, 5.41) is 6.07. The Morgan fingerprint density at radius 3 is 2.79 bits per heavy atom. The summed E-state index contributed by atoms with van der Waals surface area (Å²) in [6.07, 6.45) is 0.463. The van der Waals surface area contributed by atoms with Gasteiger partial charge in [-0.2, -0.15) is 4.98 Å². The molecule has 0 bridgehead atoms. The minimum atomic E-state index is -0.146. The molecule has 2 aromatic heterocycles. The van der Waals surface area contributed by atoms with E-state index < -0.39 is 0 Å². The fraction of sp³-hybridized carbons (Fsp3) is 0.368. The van der Waals surface area contributed by atoms with E-state index in [0.29, 0.717) is 29.4 Å². The molecule has 0 radical (unpaired) electrons. The number of carbonyl (C=O) groups is 1. The molecule has 9 heteroatoms. The number of hydrogen-bond acceptors (Lipinski definition) is 6. The van der Waals surface area contributed by atoms with Crippen molar-refractivity contribution in [2.75, 3.05) is 36.4 Å². The second kappa shape index (κ2) is 7.43. The van der Waals surface area contributed by atoms with Crippen LogP contribution in [0.25, 0.3) is 11.2 Å². The summed E-state index contributed by atoms with van der Waals surface area (Å²) in [5.74, 6) is 1.18. The second-order valence-electron chi connectivity index (χ2n) is 6.95. The fourth-order valence-electron chi connectivity index (χ4n) is 3.39. The number of H-pyrrole nitrogens is 1. The molecule has 3 N–H and O–H groups in total. The summed E-state index contributed by atoms with van der Waals surface area (Å²) in [7, 11) is 1.72. The van der Waals surface area contributed by atoms with Crippen molar-refractivity contribution in [1.29, 1.82) is 0 Å². The summed E-state index contributed by atoms with van der Waals surface area (Å²) < 4.78 is 1.55. The number of aromatic amines is 1. The molecule has 1 aliphatic rings. The van der Waals surface area contributed by atoms with Crippen molar-refractivity contribution in [2.45, 2.75) is 13.3 Å². The van der Waals surface area contributed by atoms with Crippen LogP contribution < -0.4 is 21.1 Å². The molecule has 28 heavy (non-hydrogen) atoms. The normalized spacial score (nSPS) is 14.4. The zero-order chi connectivity index (χ0) is 19.7. The highest BCUT2D eigenvalue weighted by Crippen LogP contribution is 2.17. The third-order valence-electron chi connectivity index (χ3n) is 4.84. The van der Waals surface area contributed by atoms with Crippen molar-refractivity contribution in [1.82, 2.24) is 24.8 Å². The molecule has 3 aromatic rings. The zero-order valence-electron chi connectivity index (χ0n) is 16.0. The van der Waals surface area contributed by atoms with Gasteiger partial charge in [0, 0.05) is 52.3 Å². The molecule has 0 saturated carbocycles. The SMILES string of the molecule is CC(=O)Nc1cccc(Cc2nc3nc(N4CCNCC4)[nH]c3c(=O)n2C)c1. The first kappa shape index (κ1) is 18.2. The van der Waals surface area contributed by atoms with Crippen LogP contribution in [0.4, 0.5) is 11.6 Å². The Labute approximate surface area is 161 Å². The maximum Gasteiger partial charge on any atom is 0.279 e.